The Hall–Kier alpha value is -0.920. The number of rotatable bonds is 2. The van der Waals surface area contributed by atoms with Crippen molar-refractivity contribution in [1.82, 2.24) is 4.98 Å². The van der Waals surface area contributed by atoms with E-state index in [2.05, 4.69) is 36.8 Å². The van der Waals surface area contributed by atoms with Crippen molar-refractivity contribution in [2.24, 2.45) is 0 Å². The van der Waals surface area contributed by atoms with E-state index in [1.807, 2.05) is 6.07 Å². The van der Waals surface area contributed by atoms with Crippen LogP contribution >= 0.6 is 31.9 Å². The summed E-state index contributed by atoms with van der Waals surface area (Å²) in [4.78, 5) is 4.52. The molecule has 1 aliphatic heterocycles. The van der Waals surface area contributed by atoms with Crippen molar-refractivity contribution in [2.45, 2.75) is 11.3 Å². The number of halogens is 2. The number of pyridine rings is 1. The molecule has 0 atom stereocenters. The first-order valence-electron chi connectivity index (χ1n) is 5.91. The SMILES string of the molecule is O=S(=O)(c1ccc(Br)cc1)N1CCc2cc(Br)cnc21. The Bertz CT molecular complexity index is 760. The van der Waals surface area contributed by atoms with Gasteiger partial charge in [-0.05, 0) is 58.2 Å². The lowest BCUT2D eigenvalue weighted by molar-refractivity contribution is 0.592. The number of sulfonamides is 1. The van der Waals surface area contributed by atoms with Gasteiger partial charge < -0.3 is 0 Å². The highest BCUT2D eigenvalue weighted by atomic mass is 79.9. The van der Waals surface area contributed by atoms with E-state index in [0.717, 1.165) is 14.5 Å². The number of benzene rings is 1. The lowest BCUT2D eigenvalue weighted by Crippen LogP contribution is -2.29. The Morgan fingerprint density at radius 2 is 1.80 bits per heavy atom. The summed E-state index contributed by atoms with van der Waals surface area (Å²) in [6, 6.07) is 8.55. The minimum atomic E-state index is -3.55. The zero-order valence-corrected chi connectivity index (χ0v) is 14.2. The number of anilines is 1. The van der Waals surface area contributed by atoms with Gasteiger partial charge in [0.2, 0.25) is 0 Å². The number of aromatic nitrogens is 1. The summed E-state index contributed by atoms with van der Waals surface area (Å²) >= 11 is 6.66. The molecule has 0 aliphatic carbocycles. The number of hydrogen-bond donors (Lipinski definition) is 0. The van der Waals surface area contributed by atoms with Crippen LogP contribution in [-0.4, -0.2) is 19.9 Å². The van der Waals surface area contributed by atoms with Gasteiger partial charge in [-0.1, -0.05) is 15.9 Å². The Balaban J connectivity index is 2.05. The van der Waals surface area contributed by atoms with Crippen LogP contribution in [0.1, 0.15) is 5.56 Å². The van der Waals surface area contributed by atoms with Crippen molar-refractivity contribution in [1.29, 1.82) is 0 Å². The maximum absolute atomic E-state index is 12.7. The van der Waals surface area contributed by atoms with Gasteiger partial charge in [0.15, 0.2) is 0 Å². The van der Waals surface area contributed by atoms with Crippen molar-refractivity contribution in [3.63, 3.8) is 0 Å². The third-order valence-corrected chi connectivity index (χ3v) is 5.90. The Kier molecular flexibility index (Phi) is 3.60. The average Bonchev–Trinajstić information content (AvgIpc) is 2.82. The van der Waals surface area contributed by atoms with Crippen molar-refractivity contribution >= 4 is 47.7 Å². The van der Waals surface area contributed by atoms with E-state index < -0.39 is 10.0 Å². The minimum absolute atomic E-state index is 0.276. The van der Waals surface area contributed by atoms with Crippen molar-refractivity contribution in [3.05, 3.63) is 51.0 Å². The van der Waals surface area contributed by atoms with Gasteiger partial charge in [0.25, 0.3) is 10.0 Å². The molecule has 1 aromatic carbocycles. The van der Waals surface area contributed by atoms with Crippen molar-refractivity contribution < 1.29 is 8.42 Å². The summed E-state index contributed by atoms with van der Waals surface area (Å²) in [5.41, 5.74) is 0.945. The molecule has 1 aromatic heterocycles. The van der Waals surface area contributed by atoms with Gasteiger partial charge >= 0.3 is 0 Å². The maximum atomic E-state index is 12.7. The normalized spacial score (nSPS) is 14.4. The Morgan fingerprint density at radius 3 is 2.50 bits per heavy atom. The van der Waals surface area contributed by atoms with E-state index in [1.54, 1.807) is 30.5 Å². The van der Waals surface area contributed by atoms with E-state index in [9.17, 15) is 8.42 Å². The molecule has 0 radical (unpaired) electrons. The Labute approximate surface area is 134 Å². The van der Waals surface area contributed by atoms with E-state index >= 15 is 0 Å². The van der Waals surface area contributed by atoms with E-state index in [-0.39, 0.29) is 4.90 Å². The third-order valence-electron chi connectivity index (χ3n) is 3.13. The van der Waals surface area contributed by atoms with Crippen LogP contribution in [0.3, 0.4) is 0 Å². The lowest BCUT2D eigenvalue weighted by Gasteiger charge is -2.18. The zero-order chi connectivity index (χ0) is 14.3. The van der Waals surface area contributed by atoms with Crippen LogP contribution in [0.15, 0.2) is 50.4 Å². The van der Waals surface area contributed by atoms with E-state index in [1.165, 1.54) is 4.31 Å². The van der Waals surface area contributed by atoms with Crippen LogP contribution in [0.25, 0.3) is 0 Å². The number of hydrogen-bond acceptors (Lipinski definition) is 3. The van der Waals surface area contributed by atoms with Gasteiger partial charge in [0, 0.05) is 21.7 Å². The minimum Gasteiger partial charge on any atom is -0.249 e. The van der Waals surface area contributed by atoms with Crippen LogP contribution < -0.4 is 4.31 Å². The molecule has 0 amide bonds. The molecule has 4 nitrogen and oxygen atoms in total. The van der Waals surface area contributed by atoms with E-state index in [4.69, 9.17) is 0 Å². The van der Waals surface area contributed by atoms with Crippen LogP contribution in [0, 0.1) is 0 Å². The molecule has 0 bridgehead atoms. The van der Waals surface area contributed by atoms with Crippen molar-refractivity contribution in [3.8, 4) is 0 Å². The highest BCUT2D eigenvalue weighted by Crippen LogP contribution is 2.32. The topological polar surface area (TPSA) is 50.3 Å². The largest absolute Gasteiger partial charge is 0.265 e. The maximum Gasteiger partial charge on any atom is 0.265 e. The summed E-state index contributed by atoms with van der Waals surface area (Å²) in [5.74, 6) is 0.524. The first kappa shape index (κ1) is 14.0. The first-order valence-corrected chi connectivity index (χ1v) is 8.94. The van der Waals surface area contributed by atoms with Gasteiger partial charge in [0.05, 0.1) is 4.90 Å². The average molecular weight is 418 g/mol. The highest BCUT2D eigenvalue weighted by Gasteiger charge is 2.32. The van der Waals surface area contributed by atoms with Crippen LogP contribution in [-0.2, 0) is 16.4 Å². The molecule has 3 rings (SSSR count). The fourth-order valence-electron chi connectivity index (χ4n) is 2.18. The molecule has 0 saturated carbocycles. The van der Waals surface area contributed by atoms with Gasteiger partial charge in [-0.3, -0.25) is 0 Å². The quantitative estimate of drug-likeness (QED) is 0.752. The Morgan fingerprint density at radius 1 is 1.10 bits per heavy atom. The fraction of sp³-hybridized carbons (Fsp3) is 0.154. The molecule has 104 valence electrons. The van der Waals surface area contributed by atoms with Crippen LogP contribution in [0.5, 0.6) is 0 Å². The second-order valence-corrected chi connectivity index (χ2v) is 8.11. The van der Waals surface area contributed by atoms with Crippen molar-refractivity contribution in [2.75, 3.05) is 10.8 Å². The second-order valence-electron chi connectivity index (χ2n) is 4.42. The summed E-state index contributed by atoms with van der Waals surface area (Å²) in [6.07, 6.45) is 2.30. The van der Waals surface area contributed by atoms with Crippen LogP contribution in [0.2, 0.25) is 0 Å². The molecule has 2 heterocycles. The molecular formula is C13H10Br2N2O2S. The summed E-state index contributed by atoms with van der Waals surface area (Å²) in [6.45, 7) is 0.428. The van der Waals surface area contributed by atoms with Crippen LogP contribution in [0.4, 0.5) is 5.82 Å². The monoisotopic (exact) mass is 416 g/mol. The third kappa shape index (κ3) is 2.38. The highest BCUT2D eigenvalue weighted by molar-refractivity contribution is 9.10. The standard InChI is InChI=1S/C13H10Br2N2O2S/c14-10-1-3-12(4-2-10)20(18,19)17-6-5-9-7-11(15)8-16-13(9)17/h1-4,7-8H,5-6H2. The van der Waals surface area contributed by atoms with E-state index in [0.29, 0.717) is 18.8 Å². The molecule has 0 spiro atoms. The molecule has 0 fully saturated rings. The van der Waals surface area contributed by atoms with Gasteiger partial charge in [-0.15, -0.1) is 0 Å². The second kappa shape index (κ2) is 5.13. The molecule has 20 heavy (non-hydrogen) atoms. The molecule has 0 N–H and O–H groups in total. The summed E-state index contributed by atoms with van der Waals surface area (Å²) in [5, 5.41) is 0. The molecule has 1 aliphatic rings. The first-order chi connectivity index (χ1) is 9.48. The summed E-state index contributed by atoms with van der Waals surface area (Å²) in [7, 11) is -3.55. The summed E-state index contributed by atoms with van der Waals surface area (Å²) < 4.78 is 28.4. The predicted octanol–water partition coefficient (Wildman–Crippen LogP) is 3.36. The predicted molar refractivity (Wildman–Crippen MR) is 84.3 cm³/mol. The molecule has 0 saturated heterocycles. The van der Waals surface area contributed by atoms with Gasteiger partial charge in [-0.2, -0.15) is 0 Å². The number of fused-ring (bicyclic) bond motifs is 1. The van der Waals surface area contributed by atoms with Gasteiger partial charge in [0.1, 0.15) is 5.82 Å². The molecular weight excluding hydrogens is 408 g/mol. The molecule has 7 heteroatoms. The number of nitrogens with zero attached hydrogens (tertiary/aromatic N) is 2. The molecule has 2 aromatic rings. The molecule has 0 unspecified atom stereocenters. The van der Waals surface area contributed by atoms with Gasteiger partial charge in [-0.25, -0.2) is 17.7 Å². The zero-order valence-electron chi connectivity index (χ0n) is 10.3. The lowest BCUT2D eigenvalue weighted by atomic mass is 10.2. The smallest absolute Gasteiger partial charge is 0.249 e. The fourth-order valence-corrected chi connectivity index (χ4v) is 4.28.